The first-order valence-electron chi connectivity index (χ1n) is 7.42. The predicted molar refractivity (Wildman–Crippen MR) is 85.2 cm³/mol. The van der Waals surface area contributed by atoms with Gasteiger partial charge in [0.15, 0.2) is 11.7 Å². The average Bonchev–Trinajstić information content (AvgIpc) is 3.05. The maximum atomic E-state index is 5.87. The Morgan fingerprint density at radius 2 is 2.25 bits per heavy atom. The summed E-state index contributed by atoms with van der Waals surface area (Å²) in [6, 6.07) is 2.16. The Balaban J connectivity index is 1.83. The normalized spacial score (nSPS) is 11.4. The summed E-state index contributed by atoms with van der Waals surface area (Å²) in [5.74, 6) is 2.47. The van der Waals surface area contributed by atoms with Crippen molar-refractivity contribution in [1.82, 2.24) is 10.3 Å². The van der Waals surface area contributed by atoms with Crippen molar-refractivity contribution in [1.29, 1.82) is 0 Å². The van der Waals surface area contributed by atoms with Gasteiger partial charge < -0.3 is 9.73 Å². The molecule has 0 saturated carbocycles. The molecule has 0 saturated heterocycles. The van der Waals surface area contributed by atoms with Crippen LogP contribution in [0.4, 0.5) is 0 Å². The number of nitrogens with zero attached hydrogens (tertiary/aromatic N) is 1. The minimum atomic E-state index is 0.703. The van der Waals surface area contributed by atoms with E-state index in [1.165, 1.54) is 10.4 Å². The van der Waals surface area contributed by atoms with Crippen LogP contribution in [-0.4, -0.2) is 18.1 Å². The average molecular weight is 292 g/mol. The number of rotatable bonds is 8. The highest BCUT2D eigenvalue weighted by atomic mass is 32.1. The highest BCUT2D eigenvalue weighted by molar-refractivity contribution is 7.13. The van der Waals surface area contributed by atoms with Crippen molar-refractivity contribution in [2.75, 3.05) is 13.1 Å². The lowest BCUT2D eigenvalue weighted by atomic mass is 10.2. The zero-order valence-corrected chi connectivity index (χ0v) is 13.4. The Hall–Kier alpha value is -1.13. The Morgan fingerprint density at radius 1 is 1.40 bits per heavy atom. The van der Waals surface area contributed by atoms with Crippen LogP contribution < -0.4 is 5.32 Å². The molecule has 0 amide bonds. The van der Waals surface area contributed by atoms with Crippen LogP contribution in [0.5, 0.6) is 0 Å². The van der Waals surface area contributed by atoms with E-state index in [9.17, 15) is 0 Å². The minimum absolute atomic E-state index is 0.703. The van der Waals surface area contributed by atoms with Crippen LogP contribution in [0, 0.1) is 5.92 Å². The fraction of sp³-hybridized carbons (Fsp3) is 0.562. The van der Waals surface area contributed by atoms with Gasteiger partial charge in [-0.3, -0.25) is 0 Å². The third kappa shape index (κ3) is 4.18. The molecule has 0 aliphatic rings. The number of oxazole rings is 1. The van der Waals surface area contributed by atoms with Gasteiger partial charge in [-0.05, 0) is 48.9 Å². The maximum Gasteiger partial charge on any atom is 0.194 e. The molecule has 4 heteroatoms. The number of hydrogen-bond acceptors (Lipinski definition) is 4. The molecule has 110 valence electrons. The van der Waals surface area contributed by atoms with Crippen LogP contribution in [0.2, 0.25) is 0 Å². The molecule has 0 radical (unpaired) electrons. The lowest BCUT2D eigenvalue weighted by Crippen LogP contribution is -2.21. The molecule has 2 aromatic heterocycles. The third-order valence-electron chi connectivity index (χ3n) is 3.20. The van der Waals surface area contributed by atoms with E-state index in [1.54, 1.807) is 11.3 Å². The fourth-order valence-electron chi connectivity index (χ4n) is 2.12. The summed E-state index contributed by atoms with van der Waals surface area (Å²) >= 11 is 1.73. The number of aryl methyl sites for hydroxylation is 2. The van der Waals surface area contributed by atoms with Gasteiger partial charge in [-0.1, -0.05) is 20.8 Å². The first kappa shape index (κ1) is 15.3. The molecule has 0 aliphatic heterocycles. The smallest absolute Gasteiger partial charge is 0.194 e. The summed E-state index contributed by atoms with van der Waals surface area (Å²) in [6.07, 6.45) is 4.87. The zero-order chi connectivity index (χ0) is 14.4. The molecular weight excluding hydrogens is 268 g/mol. The molecule has 0 aromatic carbocycles. The number of thiophene rings is 1. The Morgan fingerprint density at radius 3 is 3.00 bits per heavy atom. The molecule has 1 N–H and O–H groups in total. The SMILES string of the molecule is CCc1ccsc1-c1cnc(CCCNCC(C)C)o1. The van der Waals surface area contributed by atoms with E-state index in [0.29, 0.717) is 5.92 Å². The molecule has 0 bridgehead atoms. The molecular formula is C16H24N2OS. The van der Waals surface area contributed by atoms with Crippen LogP contribution in [0.3, 0.4) is 0 Å². The van der Waals surface area contributed by atoms with Crippen molar-refractivity contribution in [2.45, 2.75) is 40.0 Å². The first-order valence-corrected chi connectivity index (χ1v) is 8.30. The highest BCUT2D eigenvalue weighted by Gasteiger charge is 2.11. The maximum absolute atomic E-state index is 5.87. The number of nitrogens with one attached hydrogen (secondary N) is 1. The van der Waals surface area contributed by atoms with Gasteiger partial charge in [-0.25, -0.2) is 4.98 Å². The standard InChI is InChI=1S/C16H24N2OS/c1-4-13-7-9-20-16(13)14-11-18-15(19-14)6-5-8-17-10-12(2)3/h7,9,11-12,17H,4-6,8,10H2,1-3H3. The van der Waals surface area contributed by atoms with Gasteiger partial charge in [0.1, 0.15) is 0 Å². The quantitative estimate of drug-likeness (QED) is 0.743. The molecule has 2 rings (SSSR count). The lowest BCUT2D eigenvalue weighted by molar-refractivity contribution is 0.484. The van der Waals surface area contributed by atoms with E-state index in [4.69, 9.17) is 4.42 Å². The largest absolute Gasteiger partial charge is 0.440 e. The van der Waals surface area contributed by atoms with Gasteiger partial charge in [0.2, 0.25) is 0 Å². The molecule has 0 fully saturated rings. The Kier molecular flexibility index (Phi) is 5.80. The Labute approximate surface area is 125 Å². The summed E-state index contributed by atoms with van der Waals surface area (Å²) < 4.78 is 5.87. The lowest BCUT2D eigenvalue weighted by Gasteiger charge is -2.05. The van der Waals surface area contributed by atoms with Gasteiger partial charge in [-0.15, -0.1) is 11.3 Å². The number of hydrogen-bond donors (Lipinski definition) is 1. The second-order valence-electron chi connectivity index (χ2n) is 5.45. The fourth-order valence-corrected chi connectivity index (χ4v) is 3.06. The zero-order valence-electron chi connectivity index (χ0n) is 12.6. The van der Waals surface area contributed by atoms with Gasteiger partial charge in [0.05, 0.1) is 11.1 Å². The van der Waals surface area contributed by atoms with Gasteiger partial charge in [0.25, 0.3) is 0 Å². The summed E-state index contributed by atoms with van der Waals surface area (Å²) in [6.45, 7) is 8.71. The monoisotopic (exact) mass is 292 g/mol. The highest BCUT2D eigenvalue weighted by Crippen LogP contribution is 2.30. The van der Waals surface area contributed by atoms with Crippen LogP contribution in [-0.2, 0) is 12.8 Å². The molecule has 0 atom stereocenters. The molecule has 0 spiro atoms. The van der Waals surface area contributed by atoms with Gasteiger partial charge in [0, 0.05) is 6.42 Å². The van der Waals surface area contributed by atoms with Crippen LogP contribution in [0.1, 0.15) is 38.6 Å². The van der Waals surface area contributed by atoms with Crippen LogP contribution in [0.25, 0.3) is 10.6 Å². The van der Waals surface area contributed by atoms with E-state index in [2.05, 4.69) is 42.5 Å². The summed E-state index contributed by atoms with van der Waals surface area (Å²) in [5.41, 5.74) is 1.34. The van der Waals surface area contributed by atoms with Crippen molar-refractivity contribution >= 4 is 11.3 Å². The second kappa shape index (κ2) is 7.60. The van der Waals surface area contributed by atoms with Crippen molar-refractivity contribution in [2.24, 2.45) is 5.92 Å². The van der Waals surface area contributed by atoms with Crippen molar-refractivity contribution in [3.63, 3.8) is 0 Å². The van der Waals surface area contributed by atoms with E-state index in [0.717, 1.165) is 44.0 Å². The molecule has 2 heterocycles. The van der Waals surface area contributed by atoms with E-state index < -0.39 is 0 Å². The third-order valence-corrected chi connectivity index (χ3v) is 4.17. The van der Waals surface area contributed by atoms with E-state index in [1.807, 2.05) is 6.20 Å². The van der Waals surface area contributed by atoms with Crippen LogP contribution >= 0.6 is 11.3 Å². The predicted octanol–water partition coefficient (Wildman–Crippen LogP) is 4.14. The molecule has 2 aromatic rings. The van der Waals surface area contributed by atoms with Gasteiger partial charge in [-0.2, -0.15) is 0 Å². The van der Waals surface area contributed by atoms with Crippen LogP contribution in [0.15, 0.2) is 22.1 Å². The van der Waals surface area contributed by atoms with Gasteiger partial charge >= 0.3 is 0 Å². The molecule has 0 aliphatic carbocycles. The second-order valence-corrected chi connectivity index (χ2v) is 6.36. The van der Waals surface area contributed by atoms with E-state index in [-0.39, 0.29) is 0 Å². The number of aromatic nitrogens is 1. The molecule has 3 nitrogen and oxygen atoms in total. The summed E-state index contributed by atoms with van der Waals surface area (Å²) in [5, 5.41) is 5.56. The summed E-state index contributed by atoms with van der Waals surface area (Å²) in [4.78, 5) is 5.62. The minimum Gasteiger partial charge on any atom is -0.440 e. The summed E-state index contributed by atoms with van der Waals surface area (Å²) in [7, 11) is 0. The Bertz CT molecular complexity index is 516. The van der Waals surface area contributed by atoms with E-state index >= 15 is 0 Å². The molecule has 20 heavy (non-hydrogen) atoms. The van der Waals surface area contributed by atoms with Crippen molar-refractivity contribution in [3.8, 4) is 10.6 Å². The van der Waals surface area contributed by atoms with Crippen molar-refractivity contribution < 1.29 is 4.42 Å². The van der Waals surface area contributed by atoms with Crippen molar-refractivity contribution in [3.05, 3.63) is 29.1 Å². The topological polar surface area (TPSA) is 38.1 Å². The molecule has 0 unspecified atom stereocenters. The first-order chi connectivity index (χ1) is 9.70.